The number of amides is 1. The van der Waals surface area contributed by atoms with Gasteiger partial charge >= 0.3 is 0 Å². The Morgan fingerprint density at radius 2 is 1.75 bits per heavy atom. The number of aryl methyl sites for hydroxylation is 2. The van der Waals surface area contributed by atoms with Crippen LogP contribution in [0.4, 0.5) is 0 Å². The molecule has 0 unspecified atom stereocenters. The number of hydrogen-bond acceptors (Lipinski definition) is 2. The van der Waals surface area contributed by atoms with Gasteiger partial charge in [-0.1, -0.05) is 43.2 Å². The first-order chi connectivity index (χ1) is 11.5. The van der Waals surface area contributed by atoms with Gasteiger partial charge in [0.05, 0.1) is 5.54 Å². The van der Waals surface area contributed by atoms with Crippen LogP contribution in [-0.4, -0.2) is 29.4 Å². The molecule has 0 spiro atoms. The minimum absolute atomic E-state index is 0.192. The van der Waals surface area contributed by atoms with Crippen LogP contribution in [0.2, 0.25) is 0 Å². The summed E-state index contributed by atoms with van der Waals surface area (Å²) in [4.78, 5) is 14.7. The van der Waals surface area contributed by atoms with Crippen LogP contribution in [0.25, 0.3) is 6.08 Å². The molecule has 1 amide bonds. The largest absolute Gasteiger partial charge is 0.341 e. The topological polar surface area (TPSA) is 46.3 Å². The summed E-state index contributed by atoms with van der Waals surface area (Å²) in [5, 5.41) is 0. The van der Waals surface area contributed by atoms with Crippen LogP contribution in [0.3, 0.4) is 0 Å². The van der Waals surface area contributed by atoms with Crippen molar-refractivity contribution in [3.63, 3.8) is 0 Å². The maximum Gasteiger partial charge on any atom is 0.242 e. The first-order valence-corrected chi connectivity index (χ1v) is 9.32. The van der Waals surface area contributed by atoms with Crippen LogP contribution < -0.4 is 5.73 Å². The molecular weight excluding hydrogens is 296 g/mol. The van der Waals surface area contributed by atoms with Gasteiger partial charge in [-0.15, -0.1) is 0 Å². The van der Waals surface area contributed by atoms with E-state index in [9.17, 15) is 4.79 Å². The lowest BCUT2D eigenvalue weighted by atomic mass is 9.91. The van der Waals surface area contributed by atoms with Gasteiger partial charge in [0.25, 0.3) is 0 Å². The Balaban J connectivity index is 1.57. The number of rotatable bonds is 3. The molecule has 3 rings (SSSR count). The number of carbonyl (C=O) groups excluding carboxylic acids is 1. The van der Waals surface area contributed by atoms with Crippen molar-refractivity contribution >= 4 is 12.0 Å². The zero-order chi connectivity index (χ0) is 17.2. The molecule has 24 heavy (non-hydrogen) atoms. The lowest BCUT2D eigenvalue weighted by molar-refractivity contribution is -0.138. The fourth-order valence-electron chi connectivity index (χ4n) is 4.15. The minimum Gasteiger partial charge on any atom is -0.341 e. The van der Waals surface area contributed by atoms with Crippen LogP contribution in [0.15, 0.2) is 24.3 Å². The zero-order valence-corrected chi connectivity index (χ0v) is 15.1. The van der Waals surface area contributed by atoms with Crippen LogP contribution in [0.1, 0.15) is 55.2 Å². The number of nitrogens with two attached hydrogens (primary N) is 1. The summed E-state index contributed by atoms with van der Waals surface area (Å²) >= 11 is 0. The maximum absolute atomic E-state index is 12.7. The molecule has 1 aromatic rings. The van der Waals surface area contributed by atoms with E-state index in [2.05, 4.69) is 44.2 Å². The monoisotopic (exact) mass is 326 g/mol. The smallest absolute Gasteiger partial charge is 0.242 e. The Morgan fingerprint density at radius 3 is 2.33 bits per heavy atom. The molecule has 1 heterocycles. The van der Waals surface area contributed by atoms with Gasteiger partial charge in [0.2, 0.25) is 5.91 Å². The van der Waals surface area contributed by atoms with Gasteiger partial charge in [-0.25, -0.2) is 0 Å². The number of piperidine rings is 1. The van der Waals surface area contributed by atoms with Crippen molar-refractivity contribution < 1.29 is 4.79 Å². The van der Waals surface area contributed by atoms with E-state index in [4.69, 9.17) is 5.73 Å². The highest BCUT2D eigenvalue weighted by Crippen LogP contribution is 2.31. The summed E-state index contributed by atoms with van der Waals surface area (Å²) in [5.74, 6) is 0.752. The summed E-state index contributed by atoms with van der Waals surface area (Å²) in [7, 11) is 0. The third-order valence-corrected chi connectivity index (χ3v) is 5.83. The van der Waals surface area contributed by atoms with Crippen molar-refractivity contribution in [3.8, 4) is 0 Å². The molecule has 1 aliphatic heterocycles. The molecule has 0 radical (unpaired) electrons. The van der Waals surface area contributed by atoms with Gasteiger partial charge < -0.3 is 10.6 Å². The SMILES string of the molecule is Cc1cccc(C)c1/C=C/C1CCN(C(=O)C2(N)CCCC2)CC1. The van der Waals surface area contributed by atoms with E-state index in [1.54, 1.807) is 0 Å². The Hall–Kier alpha value is -1.61. The Labute approximate surface area is 145 Å². The summed E-state index contributed by atoms with van der Waals surface area (Å²) in [6.45, 7) is 6.02. The summed E-state index contributed by atoms with van der Waals surface area (Å²) in [5.41, 5.74) is 9.75. The molecule has 1 aliphatic carbocycles. The third-order valence-electron chi connectivity index (χ3n) is 5.83. The number of nitrogens with zero attached hydrogens (tertiary/aromatic N) is 1. The second kappa shape index (κ2) is 7.10. The molecule has 1 saturated carbocycles. The molecule has 3 nitrogen and oxygen atoms in total. The predicted molar refractivity (Wildman–Crippen MR) is 99.6 cm³/mol. The van der Waals surface area contributed by atoms with E-state index in [0.29, 0.717) is 5.92 Å². The first-order valence-electron chi connectivity index (χ1n) is 9.32. The first kappa shape index (κ1) is 17.2. The van der Waals surface area contributed by atoms with Gasteiger partial charge in [-0.2, -0.15) is 0 Å². The Bertz CT molecular complexity index is 600. The summed E-state index contributed by atoms with van der Waals surface area (Å²) < 4.78 is 0. The number of hydrogen-bond donors (Lipinski definition) is 1. The molecule has 0 atom stereocenters. The molecule has 3 heteroatoms. The van der Waals surface area contributed by atoms with E-state index >= 15 is 0 Å². The zero-order valence-electron chi connectivity index (χ0n) is 15.1. The van der Waals surface area contributed by atoms with Crippen LogP contribution in [-0.2, 0) is 4.79 Å². The lowest BCUT2D eigenvalue weighted by Gasteiger charge is -2.36. The van der Waals surface area contributed by atoms with Crippen LogP contribution >= 0.6 is 0 Å². The average Bonchev–Trinajstić information content (AvgIpc) is 3.02. The fraction of sp³-hybridized carbons (Fsp3) is 0.571. The maximum atomic E-state index is 12.7. The molecule has 0 bridgehead atoms. The van der Waals surface area contributed by atoms with Gasteiger partial charge in [0.1, 0.15) is 0 Å². The quantitative estimate of drug-likeness (QED) is 0.917. The van der Waals surface area contributed by atoms with Crippen molar-refractivity contribution in [2.75, 3.05) is 13.1 Å². The van der Waals surface area contributed by atoms with E-state index in [0.717, 1.165) is 51.6 Å². The van der Waals surface area contributed by atoms with Crippen molar-refractivity contribution in [1.29, 1.82) is 0 Å². The molecule has 130 valence electrons. The van der Waals surface area contributed by atoms with Crippen LogP contribution in [0, 0.1) is 19.8 Å². The fourth-order valence-corrected chi connectivity index (χ4v) is 4.15. The molecule has 0 aromatic heterocycles. The van der Waals surface area contributed by atoms with E-state index < -0.39 is 5.54 Å². The highest BCUT2D eigenvalue weighted by molar-refractivity contribution is 5.86. The summed E-state index contributed by atoms with van der Waals surface area (Å²) in [6.07, 6.45) is 10.6. The van der Waals surface area contributed by atoms with Gasteiger partial charge in [0.15, 0.2) is 0 Å². The summed E-state index contributed by atoms with van der Waals surface area (Å²) in [6, 6.07) is 6.43. The second-order valence-electron chi connectivity index (χ2n) is 7.66. The van der Waals surface area contributed by atoms with Gasteiger partial charge in [0, 0.05) is 13.1 Å². The highest BCUT2D eigenvalue weighted by Gasteiger charge is 2.40. The lowest BCUT2D eigenvalue weighted by Crippen LogP contribution is -2.55. The van der Waals surface area contributed by atoms with E-state index in [1.165, 1.54) is 16.7 Å². The van der Waals surface area contributed by atoms with Crippen LogP contribution in [0.5, 0.6) is 0 Å². The highest BCUT2D eigenvalue weighted by atomic mass is 16.2. The molecular formula is C21H30N2O. The Morgan fingerprint density at radius 1 is 1.17 bits per heavy atom. The predicted octanol–water partition coefficient (Wildman–Crippen LogP) is 3.83. The standard InChI is InChI=1S/C21H30N2O/c1-16-6-5-7-17(2)19(16)9-8-18-10-14-23(15-11-18)20(24)21(22)12-3-4-13-21/h5-9,18H,3-4,10-15,22H2,1-2H3/b9-8+. The second-order valence-corrected chi connectivity index (χ2v) is 7.66. The third kappa shape index (κ3) is 3.56. The van der Waals surface area contributed by atoms with Crippen molar-refractivity contribution in [3.05, 3.63) is 41.0 Å². The van der Waals surface area contributed by atoms with Gasteiger partial charge in [-0.3, -0.25) is 4.79 Å². The number of benzene rings is 1. The van der Waals surface area contributed by atoms with Gasteiger partial charge in [-0.05, 0) is 62.1 Å². The average molecular weight is 326 g/mol. The molecule has 1 aromatic carbocycles. The van der Waals surface area contributed by atoms with E-state index in [1.807, 2.05) is 4.90 Å². The number of allylic oxidation sites excluding steroid dienone is 1. The number of likely N-dealkylation sites (tertiary alicyclic amines) is 1. The van der Waals surface area contributed by atoms with Crippen molar-refractivity contribution in [2.45, 2.75) is 57.9 Å². The number of carbonyl (C=O) groups is 1. The molecule has 1 saturated heterocycles. The van der Waals surface area contributed by atoms with E-state index in [-0.39, 0.29) is 5.91 Å². The van der Waals surface area contributed by atoms with Crippen molar-refractivity contribution in [1.82, 2.24) is 4.90 Å². The normalized spacial score (nSPS) is 21.5. The molecule has 2 N–H and O–H groups in total. The molecule has 2 aliphatic rings. The van der Waals surface area contributed by atoms with Crippen molar-refractivity contribution in [2.24, 2.45) is 11.7 Å². The minimum atomic E-state index is -0.569. The Kier molecular flexibility index (Phi) is 5.09. The molecule has 2 fully saturated rings.